The van der Waals surface area contributed by atoms with E-state index in [0.717, 1.165) is 0 Å². The van der Waals surface area contributed by atoms with Crippen molar-refractivity contribution in [2.75, 3.05) is 0 Å². The van der Waals surface area contributed by atoms with Gasteiger partial charge in [0.25, 0.3) is 9.05 Å². The van der Waals surface area contributed by atoms with E-state index in [9.17, 15) is 8.42 Å². The third-order valence-corrected chi connectivity index (χ3v) is 2.55. The molecule has 1 heterocycles. The van der Waals surface area contributed by atoms with Gasteiger partial charge in [-0.25, -0.2) is 13.4 Å². The third kappa shape index (κ3) is 1.92. The Hall–Kier alpha value is -0.680. The molecule has 66 valence electrons. The van der Waals surface area contributed by atoms with Gasteiger partial charge in [-0.15, -0.1) is 0 Å². The smallest absolute Gasteiger partial charge is 0.254 e. The fraction of sp³-hybridized carbons (Fsp3) is 0.333. The van der Waals surface area contributed by atoms with Gasteiger partial charge in [-0.05, 0) is 13.8 Å². The number of hydrogen-bond acceptors (Lipinski definition) is 4. The van der Waals surface area contributed by atoms with Gasteiger partial charge in [-0.2, -0.15) is 0 Å². The molecular weight excluding hydrogens is 200 g/mol. The zero-order chi connectivity index (χ0) is 9.35. The number of aromatic nitrogens is 2. The zero-order valence-electron chi connectivity index (χ0n) is 6.57. The molecule has 0 saturated heterocycles. The molecule has 1 rings (SSSR count). The van der Waals surface area contributed by atoms with Crippen molar-refractivity contribution in [1.29, 1.82) is 0 Å². The highest BCUT2D eigenvalue weighted by atomic mass is 35.7. The molecule has 6 heteroatoms. The fourth-order valence-corrected chi connectivity index (χ4v) is 1.86. The molecule has 0 N–H and O–H groups in total. The number of hydrogen-bond donors (Lipinski definition) is 0. The topological polar surface area (TPSA) is 59.9 Å². The van der Waals surface area contributed by atoms with Crippen LogP contribution in [0.5, 0.6) is 0 Å². The minimum absolute atomic E-state index is 0.172. The van der Waals surface area contributed by atoms with E-state index in [1.54, 1.807) is 13.8 Å². The summed E-state index contributed by atoms with van der Waals surface area (Å²) in [5.74, 6) is 0. The lowest BCUT2D eigenvalue weighted by Gasteiger charge is -1.99. The molecule has 0 aromatic carbocycles. The van der Waals surface area contributed by atoms with Crippen molar-refractivity contribution < 1.29 is 8.42 Å². The Morgan fingerprint density at radius 1 is 1.42 bits per heavy atom. The molecule has 0 aliphatic heterocycles. The Morgan fingerprint density at radius 3 is 2.42 bits per heavy atom. The maximum atomic E-state index is 10.8. The van der Waals surface area contributed by atoms with Crippen LogP contribution < -0.4 is 0 Å². The van der Waals surface area contributed by atoms with Crippen molar-refractivity contribution in [1.82, 2.24) is 9.97 Å². The van der Waals surface area contributed by atoms with Crippen LogP contribution in [0, 0.1) is 13.8 Å². The van der Waals surface area contributed by atoms with Crippen LogP contribution in [0.25, 0.3) is 0 Å². The van der Waals surface area contributed by atoms with Gasteiger partial charge in [0.2, 0.25) is 0 Å². The summed E-state index contributed by atoms with van der Waals surface area (Å²) >= 11 is 0. The summed E-state index contributed by atoms with van der Waals surface area (Å²) in [5.41, 5.74) is 0.988. The highest BCUT2D eigenvalue weighted by Gasteiger charge is 2.15. The van der Waals surface area contributed by atoms with E-state index >= 15 is 0 Å². The second-order valence-electron chi connectivity index (χ2n) is 2.34. The van der Waals surface area contributed by atoms with Gasteiger partial charge in [0.1, 0.15) is 0 Å². The maximum Gasteiger partial charge on any atom is 0.280 e. The molecule has 0 aliphatic rings. The molecule has 0 unspecified atom stereocenters. The summed E-state index contributed by atoms with van der Waals surface area (Å²) in [5, 5.41) is -0.172. The van der Waals surface area contributed by atoms with Crippen molar-refractivity contribution >= 4 is 19.7 Å². The van der Waals surface area contributed by atoms with Crippen LogP contribution in [0.15, 0.2) is 11.2 Å². The molecule has 1 aromatic heterocycles. The van der Waals surface area contributed by atoms with Crippen molar-refractivity contribution in [3.8, 4) is 0 Å². The van der Waals surface area contributed by atoms with E-state index in [1.807, 2.05) is 0 Å². The van der Waals surface area contributed by atoms with Crippen LogP contribution in [0.1, 0.15) is 11.4 Å². The molecule has 0 spiro atoms. The Morgan fingerprint density at radius 2 is 2.00 bits per heavy atom. The molecule has 12 heavy (non-hydrogen) atoms. The van der Waals surface area contributed by atoms with Crippen molar-refractivity contribution in [3.63, 3.8) is 0 Å². The molecule has 0 saturated carbocycles. The zero-order valence-corrected chi connectivity index (χ0v) is 8.15. The third-order valence-electron chi connectivity index (χ3n) is 1.25. The van der Waals surface area contributed by atoms with Gasteiger partial charge in [-0.1, -0.05) is 0 Å². The van der Waals surface area contributed by atoms with Gasteiger partial charge in [0.05, 0.1) is 11.4 Å². The van der Waals surface area contributed by atoms with Crippen LogP contribution in [-0.2, 0) is 9.05 Å². The largest absolute Gasteiger partial charge is 0.280 e. The van der Waals surface area contributed by atoms with E-state index in [1.165, 1.54) is 6.20 Å². The van der Waals surface area contributed by atoms with E-state index in [-0.39, 0.29) is 5.03 Å². The molecule has 0 radical (unpaired) electrons. The molecule has 0 fully saturated rings. The highest BCUT2D eigenvalue weighted by Crippen LogP contribution is 2.14. The highest BCUT2D eigenvalue weighted by molar-refractivity contribution is 8.13. The quantitative estimate of drug-likeness (QED) is 0.644. The van der Waals surface area contributed by atoms with Crippen molar-refractivity contribution in [2.45, 2.75) is 18.9 Å². The average molecular weight is 207 g/mol. The number of rotatable bonds is 1. The van der Waals surface area contributed by atoms with Gasteiger partial charge in [0, 0.05) is 16.9 Å². The summed E-state index contributed by atoms with van der Waals surface area (Å²) < 4.78 is 21.7. The van der Waals surface area contributed by atoms with Crippen LogP contribution >= 0.6 is 10.7 Å². The van der Waals surface area contributed by atoms with Crippen molar-refractivity contribution in [2.24, 2.45) is 0 Å². The molecular formula is C6H7ClN2O2S. The summed E-state index contributed by atoms with van der Waals surface area (Å²) in [6.45, 7) is 3.28. The van der Waals surface area contributed by atoms with Crippen LogP contribution in [0.3, 0.4) is 0 Å². The Labute approximate surface area is 75.0 Å². The molecule has 0 bridgehead atoms. The summed E-state index contributed by atoms with van der Waals surface area (Å²) in [4.78, 5) is 7.58. The molecule has 4 nitrogen and oxygen atoms in total. The second kappa shape index (κ2) is 2.99. The SMILES string of the molecule is Cc1cnc(S(=O)(=O)Cl)c(C)n1. The number of halogens is 1. The van der Waals surface area contributed by atoms with Gasteiger partial charge < -0.3 is 0 Å². The predicted molar refractivity (Wildman–Crippen MR) is 44.5 cm³/mol. The van der Waals surface area contributed by atoms with E-state index in [4.69, 9.17) is 10.7 Å². The Bertz CT molecular complexity index is 402. The second-order valence-corrected chi connectivity index (χ2v) is 4.82. The first kappa shape index (κ1) is 9.41. The minimum Gasteiger partial charge on any atom is -0.254 e. The van der Waals surface area contributed by atoms with Gasteiger partial charge in [0.15, 0.2) is 5.03 Å². The Balaban J connectivity index is 3.39. The van der Waals surface area contributed by atoms with Crippen LogP contribution in [-0.4, -0.2) is 18.4 Å². The standard InChI is InChI=1S/C6H7ClN2O2S/c1-4-3-8-6(5(2)9-4)12(7,10)11/h3H,1-2H3. The lowest BCUT2D eigenvalue weighted by Crippen LogP contribution is -2.01. The summed E-state index contributed by atoms with van der Waals surface area (Å²) in [6.07, 6.45) is 1.36. The molecule has 0 amide bonds. The maximum absolute atomic E-state index is 10.8. The normalized spacial score (nSPS) is 11.6. The number of nitrogens with zero attached hydrogens (tertiary/aromatic N) is 2. The first-order chi connectivity index (χ1) is 5.41. The van der Waals surface area contributed by atoms with E-state index in [0.29, 0.717) is 11.4 Å². The lowest BCUT2D eigenvalue weighted by molar-refractivity contribution is 0.604. The van der Waals surface area contributed by atoms with Crippen LogP contribution in [0.4, 0.5) is 0 Å². The molecule has 0 aliphatic carbocycles. The van der Waals surface area contributed by atoms with E-state index < -0.39 is 9.05 Å². The van der Waals surface area contributed by atoms with Gasteiger partial charge in [-0.3, -0.25) is 4.98 Å². The first-order valence-corrected chi connectivity index (χ1v) is 5.47. The number of aryl methyl sites for hydroxylation is 2. The summed E-state index contributed by atoms with van der Waals surface area (Å²) in [7, 11) is 1.33. The lowest BCUT2D eigenvalue weighted by atomic mass is 10.4. The van der Waals surface area contributed by atoms with Crippen molar-refractivity contribution in [3.05, 3.63) is 17.6 Å². The average Bonchev–Trinajstić information content (AvgIpc) is 1.83. The van der Waals surface area contributed by atoms with Crippen LogP contribution in [0.2, 0.25) is 0 Å². The Kier molecular flexibility index (Phi) is 2.34. The minimum atomic E-state index is -3.75. The fourth-order valence-electron chi connectivity index (χ4n) is 0.826. The van der Waals surface area contributed by atoms with Gasteiger partial charge >= 0.3 is 0 Å². The molecule has 0 atom stereocenters. The predicted octanol–water partition coefficient (Wildman–Crippen LogP) is 1.02. The van der Waals surface area contributed by atoms with E-state index in [2.05, 4.69) is 9.97 Å². The first-order valence-electron chi connectivity index (χ1n) is 3.16. The monoisotopic (exact) mass is 206 g/mol. The summed E-state index contributed by atoms with van der Waals surface area (Å²) in [6, 6.07) is 0. The molecule has 1 aromatic rings.